The van der Waals surface area contributed by atoms with E-state index in [0.29, 0.717) is 11.5 Å². The van der Waals surface area contributed by atoms with Crippen molar-refractivity contribution in [3.63, 3.8) is 0 Å². The van der Waals surface area contributed by atoms with Crippen molar-refractivity contribution in [1.82, 2.24) is 19.3 Å². The minimum absolute atomic E-state index is 0. The van der Waals surface area contributed by atoms with Gasteiger partial charge in [0.2, 0.25) is 0 Å². The summed E-state index contributed by atoms with van der Waals surface area (Å²) in [5, 5.41) is 7.33. The maximum Gasteiger partial charge on any atom is 2.00 e. The maximum absolute atomic E-state index is 6.63. The third-order valence-corrected chi connectivity index (χ3v) is 9.60. The van der Waals surface area contributed by atoms with E-state index in [2.05, 4.69) is 139 Å². The second kappa shape index (κ2) is 14.4. The van der Waals surface area contributed by atoms with Crippen molar-refractivity contribution >= 4 is 21.8 Å². The van der Waals surface area contributed by atoms with E-state index in [1.54, 1.807) is 0 Å². The van der Waals surface area contributed by atoms with Crippen LogP contribution in [0.5, 0.6) is 11.5 Å². The number of benzene rings is 4. The number of fused-ring (bicyclic) bond motifs is 3. The minimum atomic E-state index is 0. The van der Waals surface area contributed by atoms with Gasteiger partial charge in [-0.3, -0.25) is 4.68 Å². The Kier molecular flexibility index (Phi) is 10.2. The number of ether oxygens (including phenoxy) is 1. The number of para-hydroxylation sites is 1. The smallest absolute Gasteiger partial charge is 0.509 e. The number of rotatable bonds is 9. The molecule has 0 atom stereocenters. The zero-order valence-electron chi connectivity index (χ0n) is 30.2. The Bertz CT molecular complexity index is 2320. The normalized spacial score (nSPS) is 11.5. The summed E-state index contributed by atoms with van der Waals surface area (Å²) in [7, 11) is 0. The van der Waals surface area contributed by atoms with Crippen LogP contribution in [0.1, 0.15) is 78.7 Å². The summed E-state index contributed by atoms with van der Waals surface area (Å²) < 4.78 is 10.9. The number of aromatic nitrogens is 4. The first-order chi connectivity index (χ1) is 23.6. The maximum atomic E-state index is 6.63. The first kappa shape index (κ1) is 35.4. The topological polar surface area (TPSA) is 44.9 Å². The van der Waals surface area contributed by atoms with Crippen molar-refractivity contribution in [2.45, 2.75) is 80.6 Å². The SMILES string of the molecule is CCCCc1ccnc(-n2c3[c-]c(Oc4[c-]c(-n5nc(C)c(-c6c(C)cc(C)cc6C)c5C)cc(C(C)C)c4)ccc3c3ccccc32)c1.[Pt+2]. The van der Waals surface area contributed by atoms with Crippen molar-refractivity contribution < 1.29 is 25.8 Å². The van der Waals surface area contributed by atoms with Gasteiger partial charge in [-0.25, -0.2) is 4.98 Å². The Morgan fingerprint density at radius 2 is 1.56 bits per heavy atom. The van der Waals surface area contributed by atoms with Crippen LogP contribution in [-0.2, 0) is 27.5 Å². The molecule has 4 aromatic carbocycles. The molecule has 3 aromatic heterocycles. The van der Waals surface area contributed by atoms with Gasteiger partial charge in [0, 0.05) is 34.5 Å². The molecule has 7 aromatic rings. The second-order valence-electron chi connectivity index (χ2n) is 13.7. The molecule has 6 heteroatoms. The van der Waals surface area contributed by atoms with Gasteiger partial charge in [0.05, 0.1) is 5.69 Å². The van der Waals surface area contributed by atoms with Crippen LogP contribution in [0, 0.1) is 46.8 Å². The Morgan fingerprint density at radius 3 is 2.30 bits per heavy atom. The Hall–Kier alpha value is -4.47. The molecule has 0 spiro atoms. The molecule has 0 bridgehead atoms. The fourth-order valence-corrected chi connectivity index (χ4v) is 7.27. The standard InChI is InChI=1S/C44H44N4O.Pt/c1-9-10-13-33-18-19-45-42(22-33)47-40-15-12-11-14-38(40)39-17-16-36(26-41(39)47)49-37-24-34(27(2)3)23-35(25-37)48-32(8)44(31(7)46-48)43-29(5)20-28(4)21-30(43)6;/h11-12,14-24,27H,9-10,13H2,1-8H3;/q-2;+2. The van der Waals surface area contributed by atoms with Gasteiger partial charge in [0.25, 0.3) is 0 Å². The summed E-state index contributed by atoms with van der Waals surface area (Å²) in [6, 6.07) is 32.9. The summed E-state index contributed by atoms with van der Waals surface area (Å²) >= 11 is 0. The van der Waals surface area contributed by atoms with E-state index in [-0.39, 0.29) is 27.0 Å². The summed E-state index contributed by atoms with van der Waals surface area (Å²) in [5.41, 5.74) is 13.7. The van der Waals surface area contributed by atoms with E-state index >= 15 is 0 Å². The van der Waals surface area contributed by atoms with Gasteiger partial charge >= 0.3 is 21.1 Å². The van der Waals surface area contributed by atoms with Crippen molar-refractivity contribution in [1.29, 1.82) is 0 Å². The molecule has 256 valence electrons. The first-order valence-corrected chi connectivity index (χ1v) is 17.4. The van der Waals surface area contributed by atoms with Gasteiger partial charge in [-0.2, -0.15) is 11.2 Å². The van der Waals surface area contributed by atoms with Crippen LogP contribution in [0.25, 0.3) is 44.4 Å². The van der Waals surface area contributed by atoms with Crippen LogP contribution in [0.4, 0.5) is 0 Å². The zero-order valence-corrected chi connectivity index (χ0v) is 32.5. The Balaban J connectivity index is 0.00000432. The van der Waals surface area contributed by atoms with E-state index in [1.807, 2.05) is 16.9 Å². The number of unbranched alkanes of at least 4 members (excludes halogenated alkanes) is 1. The summed E-state index contributed by atoms with van der Waals surface area (Å²) in [6.07, 6.45) is 5.26. The van der Waals surface area contributed by atoms with Crippen molar-refractivity contribution in [3.8, 4) is 34.1 Å². The van der Waals surface area contributed by atoms with E-state index in [1.165, 1.54) is 33.4 Å². The number of nitrogens with zero attached hydrogens (tertiary/aromatic N) is 4. The zero-order chi connectivity index (χ0) is 34.4. The summed E-state index contributed by atoms with van der Waals surface area (Å²) in [4.78, 5) is 4.82. The van der Waals surface area contributed by atoms with Crippen LogP contribution < -0.4 is 4.74 Å². The molecular formula is C44H44N4OPt. The van der Waals surface area contributed by atoms with Crippen molar-refractivity contribution in [2.75, 3.05) is 0 Å². The van der Waals surface area contributed by atoms with Crippen LogP contribution in [0.3, 0.4) is 0 Å². The fraction of sp³-hybridized carbons (Fsp3) is 0.273. The van der Waals surface area contributed by atoms with Crippen molar-refractivity contribution in [2.24, 2.45) is 0 Å². The quantitative estimate of drug-likeness (QED) is 0.136. The van der Waals surface area contributed by atoms with E-state index in [9.17, 15) is 0 Å². The average Bonchev–Trinajstić information content (AvgIpc) is 3.56. The van der Waals surface area contributed by atoms with Crippen molar-refractivity contribution in [3.05, 3.63) is 130 Å². The molecule has 5 nitrogen and oxygen atoms in total. The number of aryl methyl sites for hydroxylation is 5. The Labute approximate surface area is 310 Å². The average molecular weight is 840 g/mol. The molecule has 50 heavy (non-hydrogen) atoms. The van der Waals surface area contributed by atoms with Gasteiger partial charge in [-0.05, 0) is 105 Å². The number of hydrogen-bond acceptors (Lipinski definition) is 3. The molecular weight excluding hydrogens is 796 g/mol. The van der Waals surface area contributed by atoms with Gasteiger partial charge in [0.1, 0.15) is 5.82 Å². The monoisotopic (exact) mass is 839 g/mol. The van der Waals surface area contributed by atoms with Crippen LogP contribution in [-0.4, -0.2) is 19.3 Å². The molecule has 0 N–H and O–H groups in total. The molecule has 0 aliphatic rings. The second-order valence-corrected chi connectivity index (χ2v) is 13.7. The fourth-order valence-electron chi connectivity index (χ4n) is 7.27. The van der Waals surface area contributed by atoms with Crippen LogP contribution in [0.2, 0.25) is 0 Å². The number of hydrogen-bond donors (Lipinski definition) is 0. The summed E-state index contributed by atoms with van der Waals surface area (Å²) in [6.45, 7) is 17.4. The van der Waals surface area contributed by atoms with Crippen LogP contribution in [0.15, 0.2) is 79.0 Å². The molecule has 0 saturated carbocycles. The summed E-state index contributed by atoms with van der Waals surface area (Å²) in [5.74, 6) is 2.44. The van der Waals surface area contributed by atoms with Gasteiger partial charge < -0.3 is 9.30 Å². The third kappa shape index (κ3) is 6.56. The molecule has 0 saturated heterocycles. The van der Waals surface area contributed by atoms with Gasteiger partial charge in [-0.1, -0.05) is 68.6 Å². The predicted molar refractivity (Wildman–Crippen MR) is 202 cm³/mol. The molecule has 0 unspecified atom stereocenters. The predicted octanol–water partition coefficient (Wildman–Crippen LogP) is 11.4. The molecule has 3 heterocycles. The molecule has 0 aliphatic carbocycles. The first-order valence-electron chi connectivity index (χ1n) is 17.4. The largest absolute Gasteiger partial charge is 2.00 e. The van der Waals surface area contributed by atoms with Crippen LogP contribution >= 0.6 is 0 Å². The molecule has 0 aliphatic heterocycles. The molecule has 7 rings (SSSR count). The van der Waals surface area contributed by atoms with E-state index < -0.39 is 0 Å². The van der Waals surface area contributed by atoms with E-state index in [4.69, 9.17) is 14.8 Å². The van der Waals surface area contributed by atoms with Gasteiger partial charge in [-0.15, -0.1) is 41.3 Å². The van der Waals surface area contributed by atoms with Gasteiger partial charge in [0.15, 0.2) is 0 Å². The molecule has 0 amide bonds. The number of pyridine rings is 1. The third-order valence-electron chi connectivity index (χ3n) is 9.60. The molecule has 0 fully saturated rings. The Morgan fingerprint density at radius 1 is 0.800 bits per heavy atom. The van der Waals surface area contributed by atoms with E-state index in [0.717, 1.165) is 69.5 Å². The molecule has 0 radical (unpaired) electrons. The minimum Gasteiger partial charge on any atom is -0.509 e.